The number of carbonyl (C=O) groups excluding carboxylic acids is 1. The standard InChI is InChI=1S/C19H25N3O3/c1-21(14-17-8-11-25-20-17)18(23)12-19(24)9-5-10-22(15-19)13-16-6-3-2-4-7-16/h2-4,6-8,11,24H,5,9-10,12-15H2,1H3. The van der Waals surface area contributed by atoms with Crippen molar-refractivity contribution in [2.45, 2.75) is 38.0 Å². The van der Waals surface area contributed by atoms with Crippen molar-refractivity contribution in [3.8, 4) is 0 Å². The first-order chi connectivity index (χ1) is 12.0. The zero-order valence-electron chi connectivity index (χ0n) is 14.6. The van der Waals surface area contributed by atoms with Gasteiger partial charge in [-0.3, -0.25) is 9.69 Å². The van der Waals surface area contributed by atoms with Gasteiger partial charge in [0.05, 0.1) is 18.6 Å². The Bertz CT molecular complexity index is 674. The number of benzene rings is 1. The summed E-state index contributed by atoms with van der Waals surface area (Å²) < 4.78 is 4.79. The molecular weight excluding hydrogens is 318 g/mol. The van der Waals surface area contributed by atoms with Crippen LogP contribution in [0.2, 0.25) is 0 Å². The molecule has 1 fully saturated rings. The van der Waals surface area contributed by atoms with Gasteiger partial charge in [0, 0.05) is 26.2 Å². The predicted molar refractivity (Wildman–Crippen MR) is 93.5 cm³/mol. The van der Waals surface area contributed by atoms with Crippen molar-refractivity contribution >= 4 is 5.91 Å². The van der Waals surface area contributed by atoms with Gasteiger partial charge in [0.25, 0.3) is 0 Å². The van der Waals surface area contributed by atoms with E-state index in [0.29, 0.717) is 25.2 Å². The lowest BCUT2D eigenvalue weighted by Gasteiger charge is -2.39. The average molecular weight is 343 g/mol. The lowest BCUT2D eigenvalue weighted by atomic mass is 9.88. The molecule has 0 aliphatic carbocycles. The molecule has 1 aromatic carbocycles. The van der Waals surface area contributed by atoms with Gasteiger partial charge >= 0.3 is 0 Å². The minimum Gasteiger partial charge on any atom is -0.388 e. The Morgan fingerprint density at radius 1 is 1.36 bits per heavy atom. The molecule has 1 saturated heterocycles. The van der Waals surface area contributed by atoms with Crippen LogP contribution in [0.5, 0.6) is 0 Å². The highest BCUT2D eigenvalue weighted by Gasteiger charge is 2.36. The van der Waals surface area contributed by atoms with Crippen LogP contribution in [0.4, 0.5) is 0 Å². The molecule has 1 aromatic heterocycles. The van der Waals surface area contributed by atoms with Crippen LogP contribution in [0.1, 0.15) is 30.5 Å². The molecule has 0 bridgehead atoms. The molecule has 6 nitrogen and oxygen atoms in total. The van der Waals surface area contributed by atoms with Crippen LogP contribution in [0.3, 0.4) is 0 Å². The SMILES string of the molecule is CN(Cc1ccon1)C(=O)CC1(O)CCCN(Cc2ccccc2)C1. The summed E-state index contributed by atoms with van der Waals surface area (Å²) >= 11 is 0. The summed E-state index contributed by atoms with van der Waals surface area (Å²) in [5.74, 6) is -0.0768. The molecule has 2 heterocycles. The third-order valence-corrected chi connectivity index (χ3v) is 4.68. The molecule has 134 valence electrons. The largest absolute Gasteiger partial charge is 0.388 e. The van der Waals surface area contributed by atoms with E-state index >= 15 is 0 Å². The topological polar surface area (TPSA) is 69.8 Å². The number of likely N-dealkylation sites (tertiary alicyclic amines) is 1. The highest BCUT2D eigenvalue weighted by atomic mass is 16.5. The maximum absolute atomic E-state index is 12.5. The zero-order valence-corrected chi connectivity index (χ0v) is 14.6. The van der Waals surface area contributed by atoms with E-state index in [0.717, 1.165) is 19.5 Å². The summed E-state index contributed by atoms with van der Waals surface area (Å²) in [7, 11) is 1.73. The van der Waals surface area contributed by atoms with Gasteiger partial charge in [-0.25, -0.2) is 0 Å². The number of rotatable bonds is 6. The first-order valence-corrected chi connectivity index (χ1v) is 8.66. The van der Waals surface area contributed by atoms with E-state index < -0.39 is 5.60 Å². The summed E-state index contributed by atoms with van der Waals surface area (Å²) in [6.07, 6.45) is 3.17. The molecule has 1 N–H and O–H groups in total. The number of β-amino-alcohol motifs (C(OH)–C–C–N with tert-alkyl or cyclic N) is 1. The van der Waals surface area contributed by atoms with Crippen molar-refractivity contribution < 1.29 is 14.4 Å². The second-order valence-corrected chi connectivity index (χ2v) is 6.94. The number of hydrogen-bond acceptors (Lipinski definition) is 5. The summed E-state index contributed by atoms with van der Waals surface area (Å²) in [5.41, 5.74) is 0.959. The van der Waals surface area contributed by atoms with Crippen LogP contribution in [0.25, 0.3) is 0 Å². The molecular formula is C19H25N3O3. The van der Waals surface area contributed by atoms with Crippen molar-refractivity contribution in [1.29, 1.82) is 0 Å². The van der Waals surface area contributed by atoms with Gasteiger partial charge < -0.3 is 14.5 Å². The molecule has 1 amide bonds. The average Bonchev–Trinajstić information content (AvgIpc) is 3.08. The molecule has 2 aromatic rings. The van der Waals surface area contributed by atoms with E-state index in [1.54, 1.807) is 18.0 Å². The van der Waals surface area contributed by atoms with E-state index in [9.17, 15) is 9.90 Å². The molecule has 0 radical (unpaired) electrons. The Balaban J connectivity index is 1.55. The summed E-state index contributed by atoms with van der Waals surface area (Å²) in [4.78, 5) is 16.3. The van der Waals surface area contributed by atoms with Crippen molar-refractivity contribution in [2.75, 3.05) is 20.1 Å². The smallest absolute Gasteiger partial charge is 0.225 e. The molecule has 25 heavy (non-hydrogen) atoms. The van der Waals surface area contributed by atoms with E-state index in [4.69, 9.17) is 4.52 Å². The second-order valence-electron chi connectivity index (χ2n) is 6.94. The van der Waals surface area contributed by atoms with Crippen LogP contribution >= 0.6 is 0 Å². The maximum atomic E-state index is 12.5. The minimum absolute atomic E-state index is 0.0768. The fourth-order valence-electron chi connectivity index (χ4n) is 3.39. The van der Waals surface area contributed by atoms with Gasteiger partial charge in [0.2, 0.25) is 5.91 Å². The Hall–Kier alpha value is -2.18. The van der Waals surface area contributed by atoms with Gasteiger partial charge in [0.1, 0.15) is 12.0 Å². The molecule has 0 saturated carbocycles. The van der Waals surface area contributed by atoms with Gasteiger partial charge in [-0.2, -0.15) is 0 Å². The van der Waals surface area contributed by atoms with Crippen LogP contribution in [-0.4, -0.2) is 51.7 Å². The monoisotopic (exact) mass is 343 g/mol. The Morgan fingerprint density at radius 2 is 2.16 bits per heavy atom. The third kappa shape index (κ3) is 4.90. The van der Waals surface area contributed by atoms with Gasteiger partial charge in [-0.15, -0.1) is 0 Å². The fourth-order valence-corrected chi connectivity index (χ4v) is 3.39. The molecule has 0 spiro atoms. The Morgan fingerprint density at radius 3 is 2.88 bits per heavy atom. The minimum atomic E-state index is -0.970. The number of amides is 1. The predicted octanol–water partition coefficient (Wildman–Crippen LogP) is 2.05. The Labute approximate surface area is 148 Å². The molecule has 1 aliphatic heterocycles. The van der Waals surface area contributed by atoms with E-state index in [-0.39, 0.29) is 12.3 Å². The normalized spacial score (nSPS) is 21.2. The summed E-state index contributed by atoms with van der Waals surface area (Å²) in [6, 6.07) is 12.0. The summed E-state index contributed by atoms with van der Waals surface area (Å²) in [6.45, 7) is 2.65. The number of aromatic nitrogens is 1. The number of piperidine rings is 1. The number of aliphatic hydroxyl groups is 1. The van der Waals surface area contributed by atoms with Crippen LogP contribution < -0.4 is 0 Å². The van der Waals surface area contributed by atoms with Gasteiger partial charge in [0.15, 0.2) is 0 Å². The van der Waals surface area contributed by atoms with E-state index in [2.05, 4.69) is 22.2 Å². The first kappa shape index (κ1) is 17.6. The molecule has 1 unspecified atom stereocenters. The van der Waals surface area contributed by atoms with E-state index in [1.807, 2.05) is 18.2 Å². The van der Waals surface area contributed by atoms with Crippen LogP contribution in [-0.2, 0) is 17.9 Å². The molecule has 1 aliphatic rings. The van der Waals surface area contributed by atoms with Gasteiger partial charge in [-0.05, 0) is 24.9 Å². The van der Waals surface area contributed by atoms with E-state index in [1.165, 1.54) is 11.8 Å². The van der Waals surface area contributed by atoms with Crippen molar-refractivity contribution in [3.05, 3.63) is 53.9 Å². The number of hydrogen-bond donors (Lipinski definition) is 1. The zero-order chi connectivity index (χ0) is 17.7. The molecule has 6 heteroatoms. The van der Waals surface area contributed by atoms with Crippen LogP contribution in [0, 0.1) is 0 Å². The highest BCUT2D eigenvalue weighted by Crippen LogP contribution is 2.26. The quantitative estimate of drug-likeness (QED) is 0.869. The van der Waals surface area contributed by atoms with Crippen LogP contribution in [0.15, 0.2) is 47.2 Å². The highest BCUT2D eigenvalue weighted by molar-refractivity contribution is 5.77. The van der Waals surface area contributed by atoms with Crippen molar-refractivity contribution in [3.63, 3.8) is 0 Å². The van der Waals surface area contributed by atoms with Crippen molar-refractivity contribution in [1.82, 2.24) is 15.0 Å². The lowest BCUT2D eigenvalue weighted by molar-refractivity contribution is -0.138. The first-order valence-electron chi connectivity index (χ1n) is 8.66. The fraction of sp³-hybridized carbons (Fsp3) is 0.474. The molecule has 1 atom stereocenters. The second kappa shape index (κ2) is 7.80. The van der Waals surface area contributed by atoms with Crippen molar-refractivity contribution in [2.24, 2.45) is 0 Å². The maximum Gasteiger partial charge on any atom is 0.225 e. The lowest BCUT2D eigenvalue weighted by Crippen LogP contribution is -2.50. The number of carbonyl (C=O) groups is 1. The van der Waals surface area contributed by atoms with Gasteiger partial charge in [-0.1, -0.05) is 35.5 Å². The Kier molecular flexibility index (Phi) is 5.50. The molecule has 3 rings (SSSR count). The third-order valence-electron chi connectivity index (χ3n) is 4.68. The number of nitrogens with zero attached hydrogens (tertiary/aromatic N) is 3. The summed E-state index contributed by atoms with van der Waals surface area (Å²) in [5, 5.41) is 14.8.